The van der Waals surface area contributed by atoms with Crippen molar-refractivity contribution >= 4 is 17.1 Å². The van der Waals surface area contributed by atoms with Crippen molar-refractivity contribution in [2.45, 2.75) is 32.4 Å². The van der Waals surface area contributed by atoms with Crippen LogP contribution in [-0.4, -0.2) is 29.2 Å². The number of rotatable bonds is 4. The number of aliphatic hydroxyl groups is 1. The first-order chi connectivity index (χ1) is 8.84. The van der Waals surface area contributed by atoms with E-state index < -0.39 is 4.92 Å². The highest BCUT2D eigenvalue weighted by Crippen LogP contribution is 2.42. The molecule has 2 atom stereocenters. The molecule has 2 rings (SSSR count). The van der Waals surface area contributed by atoms with Crippen LogP contribution in [0.5, 0.6) is 0 Å². The van der Waals surface area contributed by atoms with Gasteiger partial charge in [0.1, 0.15) is 0 Å². The van der Waals surface area contributed by atoms with Gasteiger partial charge in [-0.25, -0.2) is 0 Å². The van der Waals surface area contributed by atoms with Gasteiger partial charge in [0, 0.05) is 42.0 Å². The van der Waals surface area contributed by atoms with Crippen molar-refractivity contribution < 1.29 is 10.0 Å². The summed E-state index contributed by atoms with van der Waals surface area (Å²) in [7, 11) is 1.72. The molecule has 0 aliphatic heterocycles. The monoisotopic (exact) mass is 265 g/mol. The first-order valence-corrected chi connectivity index (χ1v) is 6.26. The normalized spacial score (nSPS) is 24.4. The fourth-order valence-electron chi connectivity index (χ4n) is 2.29. The molecule has 1 saturated carbocycles. The number of nitro benzene ring substituents is 1. The van der Waals surface area contributed by atoms with Gasteiger partial charge in [-0.05, 0) is 12.5 Å². The summed E-state index contributed by atoms with van der Waals surface area (Å²) in [6.45, 7) is 3.96. The van der Waals surface area contributed by atoms with Crippen LogP contribution >= 0.6 is 0 Å². The first-order valence-electron chi connectivity index (χ1n) is 6.26. The highest BCUT2D eigenvalue weighted by atomic mass is 16.6. The van der Waals surface area contributed by atoms with Crippen LogP contribution in [0.4, 0.5) is 17.1 Å². The maximum Gasteiger partial charge on any atom is 0.273 e. The van der Waals surface area contributed by atoms with Crippen molar-refractivity contribution in [3.8, 4) is 0 Å². The Kier molecular flexibility index (Phi) is 3.36. The van der Waals surface area contributed by atoms with Crippen LogP contribution in [0.15, 0.2) is 18.2 Å². The molecule has 1 fully saturated rings. The SMILES string of the molecule is CNc1cc(NC2CC(O)C2(C)C)cc([N+](=O)[O-])c1. The van der Waals surface area contributed by atoms with Crippen molar-refractivity contribution in [2.75, 3.05) is 17.7 Å². The second kappa shape index (κ2) is 4.70. The Labute approximate surface area is 112 Å². The lowest BCUT2D eigenvalue weighted by Gasteiger charge is -2.49. The Morgan fingerprint density at radius 1 is 1.37 bits per heavy atom. The molecular weight excluding hydrogens is 246 g/mol. The Balaban J connectivity index is 2.21. The zero-order chi connectivity index (χ0) is 14.2. The zero-order valence-electron chi connectivity index (χ0n) is 11.3. The molecule has 0 aromatic heterocycles. The molecule has 0 bridgehead atoms. The van der Waals surface area contributed by atoms with E-state index in [1.165, 1.54) is 12.1 Å². The van der Waals surface area contributed by atoms with Crippen molar-refractivity contribution in [1.29, 1.82) is 0 Å². The summed E-state index contributed by atoms with van der Waals surface area (Å²) in [5.41, 5.74) is 1.22. The Hall–Kier alpha value is -1.82. The predicted octanol–water partition coefficient (Wildman–Crippen LogP) is 2.21. The van der Waals surface area contributed by atoms with Crippen molar-refractivity contribution in [2.24, 2.45) is 5.41 Å². The lowest BCUT2D eigenvalue weighted by Crippen LogP contribution is -2.56. The summed E-state index contributed by atoms with van der Waals surface area (Å²) in [6, 6.07) is 4.95. The van der Waals surface area contributed by atoms with E-state index in [2.05, 4.69) is 10.6 Å². The summed E-state index contributed by atoms with van der Waals surface area (Å²) in [4.78, 5) is 10.5. The van der Waals surface area contributed by atoms with Crippen LogP contribution in [0.2, 0.25) is 0 Å². The van der Waals surface area contributed by atoms with E-state index in [1.54, 1.807) is 7.05 Å². The molecule has 0 saturated heterocycles. The topological polar surface area (TPSA) is 87.4 Å². The lowest BCUT2D eigenvalue weighted by atomic mass is 9.64. The van der Waals surface area contributed by atoms with Gasteiger partial charge in [0.05, 0.1) is 11.0 Å². The second-order valence-electron chi connectivity index (χ2n) is 5.55. The van der Waals surface area contributed by atoms with E-state index in [9.17, 15) is 15.2 Å². The van der Waals surface area contributed by atoms with Gasteiger partial charge in [0.2, 0.25) is 0 Å². The van der Waals surface area contributed by atoms with Gasteiger partial charge in [-0.2, -0.15) is 0 Å². The molecule has 1 aromatic rings. The van der Waals surface area contributed by atoms with Crippen LogP contribution in [-0.2, 0) is 0 Å². The molecule has 0 spiro atoms. The summed E-state index contributed by atoms with van der Waals surface area (Å²) in [6.07, 6.45) is 0.331. The van der Waals surface area contributed by atoms with Gasteiger partial charge in [0.15, 0.2) is 0 Å². The van der Waals surface area contributed by atoms with Gasteiger partial charge >= 0.3 is 0 Å². The number of aliphatic hydroxyl groups excluding tert-OH is 1. The number of non-ortho nitro benzene ring substituents is 1. The highest BCUT2D eigenvalue weighted by molar-refractivity contribution is 5.63. The third-order valence-corrected chi connectivity index (χ3v) is 3.97. The number of nitro groups is 1. The van der Waals surface area contributed by atoms with Crippen LogP contribution in [0.1, 0.15) is 20.3 Å². The summed E-state index contributed by atoms with van der Waals surface area (Å²) < 4.78 is 0. The third kappa shape index (κ3) is 2.49. The molecule has 0 heterocycles. The number of benzene rings is 1. The van der Waals surface area contributed by atoms with Crippen LogP contribution in [0.25, 0.3) is 0 Å². The molecule has 19 heavy (non-hydrogen) atoms. The lowest BCUT2D eigenvalue weighted by molar-refractivity contribution is -0.384. The number of anilines is 2. The number of nitrogens with one attached hydrogen (secondary N) is 2. The van der Waals surface area contributed by atoms with Crippen molar-refractivity contribution in [3.63, 3.8) is 0 Å². The highest BCUT2D eigenvalue weighted by Gasteiger charge is 2.47. The molecular formula is C13H19N3O3. The maximum absolute atomic E-state index is 10.9. The minimum Gasteiger partial charge on any atom is -0.392 e. The quantitative estimate of drug-likeness (QED) is 0.574. The fourth-order valence-corrected chi connectivity index (χ4v) is 2.29. The largest absolute Gasteiger partial charge is 0.392 e. The Bertz CT molecular complexity index is 502. The average molecular weight is 265 g/mol. The number of nitrogens with zero attached hydrogens (tertiary/aromatic N) is 1. The van der Waals surface area contributed by atoms with Gasteiger partial charge in [0.25, 0.3) is 5.69 Å². The number of hydrogen-bond donors (Lipinski definition) is 3. The van der Waals surface area contributed by atoms with E-state index >= 15 is 0 Å². The average Bonchev–Trinajstić information content (AvgIpc) is 2.38. The second-order valence-corrected chi connectivity index (χ2v) is 5.55. The van der Waals surface area contributed by atoms with Crippen LogP contribution < -0.4 is 10.6 Å². The van der Waals surface area contributed by atoms with E-state index in [0.717, 1.165) is 0 Å². The summed E-state index contributed by atoms with van der Waals surface area (Å²) in [5, 5.41) is 26.8. The fraction of sp³-hybridized carbons (Fsp3) is 0.538. The van der Waals surface area contributed by atoms with Gasteiger partial charge in [-0.3, -0.25) is 10.1 Å². The molecule has 104 valence electrons. The molecule has 6 nitrogen and oxygen atoms in total. The summed E-state index contributed by atoms with van der Waals surface area (Å²) >= 11 is 0. The Morgan fingerprint density at radius 3 is 2.47 bits per heavy atom. The van der Waals surface area contributed by atoms with Gasteiger partial charge in [-0.1, -0.05) is 13.8 Å². The molecule has 6 heteroatoms. The standard InChI is InChI=1S/C13H19N3O3/c1-13(2)11(7-12(13)17)15-9-4-8(14-3)5-10(6-9)16(18)19/h4-6,11-12,14-15,17H,7H2,1-3H3. The maximum atomic E-state index is 10.9. The molecule has 1 aliphatic rings. The zero-order valence-corrected chi connectivity index (χ0v) is 11.3. The molecule has 1 aliphatic carbocycles. The summed E-state index contributed by atoms with van der Waals surface area (Å²) in [5.74, 6) is 0. The van der Waals surface area contributed by atoms with E-state index in [-0.39, 0.29) is 23.2 Å². The molecule has 0 radical (unpaired) electrons. The molecule has 0 amide bonds. The van der Waals surface area contributed by atoms with Gasteiger partial charge in [-0.15, -0.1) is 0 Å². The molecule has 1 aromatic carbocycles. The van der Waals surface area contributed by atoms with Crippen molar-refractivity contribution in [3.05, 3.63) is 28.3 Å². The van der Waals surface area contributed by atoms with E-state index in [0.29, 0.717) is 17.8 Å². The minimum absolute atomic E-state index is 0.0482. The predicted molar refractivity (Wildman–Crippen MR) is 74.5 cm³/mol. The van der Waals surface area contributed by atoms with Crippen LogP contribution in [0.3, 0.4) is 0 Å². The minimum atomic E-state index is -0.410. The molecule has 3 N–H and O–H groups in total. The Morgan fingerprint density at radius 2 is 2.00 bits per heavy atom. The van der Waals surface area contributed by atoms with Crippen LogP contribution in [0, 0.1) is 15.5 Å². The van der Waals surface area contributed by atoms with Gasteiger partial charge < -0.3 is 15.7 Å². The molecule has 2 unspecified atom stereocenters. The smallest absolute Gasteiger partial charge is 0.273 e. The van der Waals surface area contributed by atoms with Crippen molar-refractivity contribution in [1.82, 2.24) is 0 Å². The van der Waals surface area contributed by atoms with E-state index in [4.69, 9.17) is 0 Å². The van der Waals surface area contributed by atoms with E-state index in [1.807, 2.05) is 19.9 Å². The first kappa shape index (κ1) is 13.6. The third-order valence-electron chi connectivity index (χ3n) is 3.97. The number of hydrogen-bond acceptors (Lipinski definition) is 5.